The van der Waals surface area contributed by atoms with Gasteiger partial charge >= 0.3 is 47.1 Å². The molecular weight excluding hydrogens is 1490 g/mol. The molecule has 7 unspecified atom stereocenters. The van der Waals surface area contributed by atoms with Gasteiger partial charge in [-0.15, -0.1) is 0 Å². The van der Waals surface area contributed by atoms with Crippen LogP contribution in [0.5, 0.6) is 0 Å². The number of anilines is 1. The van der Waals surface area contributed by atoms with Gasteiger partial charge < -0.3 is 76.8 Å². The number of aliphatic imine (C=N–C) groups is 1. The number of allylic oxidation sites excluding steroid dienone is 4. The fourth-order valence-electron chi connectivity index (χ4n) is 12.0. The zero-order valence-electron chi connectivity index (χ0n) is 59.1. The summed E-state index contributed by atoms with van der Waals surface area (Å²) in [4.78, 5) is 175. The normalized spacial score (nSPS) is 18.4. The molecule has 3 aromatic rings. The van der Waals surface area contributed by atoms with Gasteiger partial charge in [-0.1, -0.05) is 95.2 Å². The summed E-state index contributed by atoms with van der Waals surface area (Å²) in [6, 6.07) is 7.23. The molecule has 39 heteroatoms. The van der Waals surface area contributed by atoms with Crippen molar-refractivity contribution in [2.75, 3.05) is 57.1 Å². The van der Waals surface area contributed by atoms with E-state index in [1.807, 2.05) is 30.4 Å². The molecule has 1 saturated heterocycles. The summed E-state index contributed by atoms with van der Waals surface area (Å²) in [6.07, 6.45) is 6.66. The number of phosphoric acid groups is 3. The number of phosphoric ester groups is 1. The lowest BCUT2D eigenvalue weighted by atomic mass is 9.65. The summed E-state index contributed by atoms with van der Waals surface area (Å²) in [7, 11) is -12.5. The van der Waals surface area contributed by atoms with Gasteiger partial charge in [0.1, 0.15) is 30.2 Å². The van der Waals surface area contributed by atoms with Gasteiger partial charge in [-0.2, -0.15) is 13.6 Å². The number of nitrogens with one attached hydrogen (secondary N) is 5. The molecule has 6 amide bonds. The number of nitrogen functional groups attached to an aromatic ring is 1. The van der Waals surface area contributed by atoms with E-state index in [-0.39, 0.29) is 86.5 Å². The average Bonchev–Trinajstić information content (AvgIpc) is 1.46. The van der Waals surface area contributed by atoms with E-state index in [0.717, 1.165) is 40.7 Å². The number of fused-ring (bicyclic) bond motifs is 2. The maximum absolute atomic E-state index is 14.4. The fourth-order valence-corrected chi connectivity index (χ4v) is 17.1. The van der Waals surface area contributed by atoms with Crippen molar-refractivity contribution < 1.29 is 110 Å². The van der Waals surface area contributed by atoms with Crippen molar-refractivity contribution in [3.05, 3.63) is 115 Å². The first-order valence-electron chi connectivity index (χ1n) is 34.1. The highest BCUT2D eigenvalue weighted by Crippen LogP contribution is 2.66. The zero-order chi connectivity index (χ0) is 78.1. The summed E-state index contributed by atoms with van der Waals surface area (Å²) < 4.78 is 53.4. The molecule has 0 saturated carbocycles. The molecule has 580 valence electrons. The molecule has 34 nitrogen and oxygen atoms in total. The number of aryl methyl sites for hydroxylation is 2. The molecule has 0 bridgehead atoms. The van der Waals surface area contributed by atoms with E-state index < -0.39 is 121 Å². The van der Waals surface area contributed by atoms with Crippen LogP contribution >= 0.6 is 45.1 Å². The zero-order valence-corrected chi connectivity index (χ0v) is 63.4. The second kappa shape index (κ2) is 41.5. The topological polar surface area (TPSA) is 520 Å². The number of amides is 6. The predicted molar refractivity (Wildman–Crippen MR) is 391 cm³/mol. The maximum Gasteiger partial charge on any atom is 0.490 e. The third-order valence-electron chi connectivity index (χ3n) is 17.0. The Labute approximate surface area is 619 Å². The Hall–Kier alpha value is -7.87. The minimum absolute atomic E-state index is 0.0233. The predicted octanol–water partition coefficient (Wildman–Crippen LogP) is 5.50. The molecular formula is C67H91N10O24P3S2. The molecule has 1 aromatic heterocycles. The number of carboxylic acid groups (broad SMARTS) is 3. The number of hydrogen-bond acceptors (Lipinski definition) is 22. The number of hydrogen-bond donors (Lipinski definition) is 13. The first-order chi connectivity index (χ1) is 50.1. The van der Waals surface area contributed by atoms with Crippen molar-refractivity contribution in [2.45, 2.75) is 167 Å². The number of unbranched alkanes of at least 4 members (excludes halogenated alkanes) is 2. The standard InChI is InChI=1S/C67H91N10O24P3S2/c1-6-16-42-33-44-34-45-35-52(69-7-2)41(4)32-50(45)61(49(44)31-40(42)3)47-18-10-11-19-48(47)65(87)76(5)28-14-22-55(78)70-26-12-8-9-21-57(80)72-51(63(85)73-53(36-59(81)82)64(86)74-54(66(88)89)37-60(83)84)20-15-29-105-106-30-25-56(79)71-27-13-17-43-38-77(67(90)75-62(43)68)58-24-23-46(99-58)39-98-103(94,95)101-104(96,97)100-102(91,92)93/h10-11,18-19,31-33,35,38,46,50-51,53-54,58,61H,6-9,12,14-16,20-30,34,36-37,39H2,1-5H3,(H,70,78)(H,71,79)(H,72,80)(H,73,85)(H,74,86)(H,81,82)(H,83,84)(H,88,89)(H,94,95)(H,96,97)(H2,68,75,90)(H2,91,92,93)/b69-52+/t46-,50?,51?,53?,54?,58+,61?/m0/s1. The molecule has 9 atom stereocenters. The third-order valence-corrected chi connectivity index (χ3v) is 23.3. The van der Waals surface area contributed by atoms with Gasteiger partial charge in [0.25, 0.3) is 5.91 Å². The summed E-state index contributed by atoms with van der Waals surface area (Å²) in [5, 5.41) is 40.6. The van der Waals surface area contributed by atoms with Gasteiger partial charge in [0, 0.05) is 81.0 Å². The first kappa shape index (κ1) is 87.0. The molecule has 106 heavy (non-hydrogen) atoms. The Balaban J connectivity index is 0.949. The Morgan fingerprint density at radius 1 is 0.802 bits per heavy atom. The second-order valence-corrected chi connectivity index (χ2v) is 32.3. The number of benzene rings is 2. The summed E-state index contributed by atoms with van der Waals surface area (Å²) in [6.45, 7) is 8.81. The van der Waals surface area contributed by atoms with Crippen LogP contribution in [0.1, 0.15) is 167 Å². The third kappa shape index (κ3) is 28.0. The van der Waals surface area contributed by atoms with Crippen molar-refractivity contribution in [2.24, 2.45) is 10.9 Å². The summed E-state index contributed by atoms with van der Waals surface area (Å²) >= 11 is 0. The van der Waals surface area contributed by atoms with Crippen LogP contribution < -0.4 is 38.0 Å². The first-order valence-corrected chi connectivity index (χ1v) is 41.1. The monoisotopic (exact) mass is 1580 g/mol. The number of carboxylic acids is 3. The minimum Gasteiger partial charge on any atom is -0.481 e. The van der Waals surface area contributed by atoms with Crippen molar-refractivity contribution in [1.29, 1.82) is 0 Å². The van der Waals surface area contributed by atoms with Crippen LogP contribution in [0.3, 0.4) is 0 Å². The van der Waals surface area contributed by atoms with E-state index in [1.54, 1.807) is 11.9 Å². The highest BCUT2D eigenvalue weighted by molar-refractivity contribution is 8.76. The molecule has 2 aliphatic carbocycles. The van der Waals surface area contributed by atoms with E-state index in [0.29, 0.717) is 62.4 Å². The SMILES string of the molecule is CCCc1cc2c(cc1C)C(c1ccccc1C(=O)N(C)CCCC(=O)NCCCCCC(=O)NC(CCCSSCCC(=O)NCC#Cc1cn([C@H]3CC[C@@H](COP(=O)(O)OP(=O)(O)OP(=O)(O)O)O3)c(=O)nc1N)C(=O)NC(CC(=O)O)C(=O)NC(CC(=O)O)C(=O)O)C1C=C(C)/C(=N/CC)C=C1C2. The molecule has 6 rings (SSSR count). The molecule has 2 heterocycles. The molecule has 1 aliphatic heterocycles. The van der Waals surface area contributed by atoms with Crippen molar-refractivity contribution in [3.63, 3.8) is 0 Å². The molecule has 0 radical (unpaired) electrons. The lowest BCUT2D eigenvalue weighted by Crippen LogP contribution is -2.56. The van der Waals surface area contributed by atoms with Crippen LogP contribution in [-0.4, -0.2) is 184 Å². The number of aliphatic carboxylic acids is 3. The van der Waals surface area contributed by atoms with Gasteiger partial charge in [-0.25, -0.2) is 23.3 Å². The second-order valence-electron chi connectivity index (χ2n) is 25.2. The number of rotatable bonds is 42. The van der Waals surface area contributed by atoms with Crippen LogP contribution in [0.2, 0.25) is 0 Å². The van der Waals surface area contributed by atoms with E-state index >= 15 is 0 Å². The largest absolute Gasteiger partial charge is 0.490 e. The van der Waals surface area contributed by atoms with Crippen molar-refractivity contribution in [3.8, 4) is 11.8 Å². The fraction of sp³-hybridized carbons (Fsp3) is 0.522. The highest BCUT2D eigenvalue weighted by atomic mass is 33.1. The Morgan fingerprint density at radius 2 is 1.48 bits per heavy atom. The number of nitrogens with zero attached hydrogens (tertiary/aromatic N) is 4. The van der Waals surface area contributed by atoms with Crippen LogP contribution in [-0.2, 0) is 82.8 Å². The van der Waals surface area contributed by atoms with Crippen LogP contribution in [0.25, 0.3) is 0 Å². The van der Waals surface area contributed by atoms with Gasteiger partial charge in [-0.05, 0) is 124 Å². The lowest BCUT2D eigenvalue weighted by molar-refractivity contribution is -0.148. The Kier molecular flexibility index (Phi) is 34.0. The lowest BCUT2D eigenvalue weighted by Gasteiger charge is -2.38. The molecule has 2 aromatic carbocycles. The van der Waals surface area contributed by atoms with Gasteiger partial charge in [-0.3, -0.25) is 52.4 Å². The van der Waals surface area contributed by atoms with E-state index in [4.69, 9.17) is 25.2 Å². The van der Waals surface area contributed by atoms with Crippen LogP contribution in [0, 0.1) is 24.7 Å². The highest BCUT2D eigenvalue weighted by Gasteiger charge is 2.43. The number of aromatic nitrogens is 2. The van der Waals surface area contributed by atoms with Crippen molar-refractivity contribution in [1.82, 2.24) is 41.0 Å². The van der Waals surface area contributed by atoms with Gasteiger partial charge in [0.15, 0.2) is 0 Å². The van der Waals surface area contributed by atoms with E-state index in [9.17, 15) is 86.7 Å². The number of ether oxygens (including phenoxy) is 1. The molecule has 14 N–H and O–H groups in total. The minimum atomic E-state index is -5.76. The van der Waals surface area contributed by atoms with Crippen molar-refractivity contribution >= 4 is 110 Å². The maximum atomic E-state index is 14.4. The van der Waals surface area contributed by atoms with Crippen LogP contribution in [0.15, 0.2) is 75.7 Å². The number of carbonyl (C=O) groups excluding carboxylic acids is 6. The quantitative estimate of drug-likeness (QED) is 0.0144. The Bertz CT molecular complexity index is 4100. The number of carbonyl (C=O) groups is 9. The van der Waals surface area contributed by atoms with Crippen LogP contribution in [0.4, 0.5) is 5.82 Å². The molecule has 3 aliphatic rings. The van der Waals surface area contributed by atoms with Gasteiger partial charge in [0.05, 0.1) is 43.4 Å². The average molecular weight is 1580 g/mol. The molecule has 0 spiro atoms. The summed E-state index contributed by atoms with van der Waals surface area (Å²) in [5.74, 6) is -2.82. The van der Waals surface area contributed by atoms with Gasteiger partial charge in [0.2, 0.25) is 29.5 Å². The Morgan fingerprint density at radius 3 is 2.18 bits per heavy atom. The number of nitrogens with two attached hydrogens (primary N) is 1. The van der Waals surface area contributed by atoms with E-state index in [1.165, 1.54) is 55.6 Å². The molecule has 1 fully saturated rings. The smallest absolute Gasteiger partial charge is 0.481 e. The summed E-state index contributed by atoms with van der Waals surface area (Å²) in [5.41, 5.74) is 15.0. The van der Waals surface area contributed by atoms with E-state index in [2.05, 4.69) is 102 Å².